The zero-order chi connectivity index (χ0) is 18.0. The van der Waals surface area contributed by atoms with E-state index in [4.69, 9.17) is 9.84 Å². The van der Waals surface area contributed by atoms with Gasteiger partial charge in [0.1, 0.15) is 5.75 Å². The summed E-state index contributed by atoms with van der Waals surface area (Å²) in [5.41, 5.74) is 2.11. The van der Waals surface area contributed by atoms with E-state index in [1.54, 1.807) is 36.3 Å². The van der Waals surface area contributed by atoms with Gasteiger partial charge in [0.15, 0.2) is 0 Å². The summed E-state index contributed by atoms with van der Waals surface area (Å²) in [7, 11) is 1.58. The van der Waals surface area contributed by atoms with Crippen molar-refractivity contribution in [2.75, 3.05) is 12.0 Å². The maximum atomic E-state index is 13.0. The molecule has 2 unspecified atom stereocenters. The molecule has 0 radical (unpaired) electrons. The molecular formula is C19H20N2O4. The molecule has 0 saturated carbocycles. The first-order chi connectivity index (χ1) is 12.0. The molecule has 2 amide bonds. The van der Waals surface area contributed by atoms with E-state index in [2.05, 4.69) is 5.32 Å². The second-order valence-electron chi connectivity index (χ2n) is 6.05. The Morgan fingerprint density at radius 2 is 1.84 bits per heavy atom. The Kier molecular flexibility index (Phi) is 4.61. The minimum absolute atomic E-state index is 0.114. The molecule has 1 heterocycles. The summed E-state index contributed by atoms with van der Waals surface area (Å²) >= 11 is 0. The first kappa shape index (κ1) is 16.8. The number of para-hydroxylation sites is 1. The van der Waals surface area contributed by atoms with E-state index in [-0.39, 0.29) is 18.0 Å². The van der Waals surface area contributed by atoms with E-state index >= 15 is 0 Å². The number of ether oxygens (including phenoxy) is 1. The summed E-state index contributed by atoms with van der Waals surface area (Å²) in [5.74, 6) is 0.575. The first-order valence-corrected chi connectivity index (χ1v) is 8.07. The number of nitrogens with zero attached hydrogens (tertiary/aromatic N) is 1. The lowest BCUT2D eigenvalue weighted by atomic mass is 9.91. The summed E-state index contributed by atoms with van der Waals surface area (Å²) in [6.07, 6.45) is -0.549. The van der Waals surface area contributed by atoms with Crippen molar-refractivity contribution >= 4 is 17.7 Å². The molecule has 2 atom stereocenters. The van der Waals surface area contributed by atoms with Crippen LogP contribution in [0.1, 0.15) is 35.3 Å². The number of nitrogens with one attached hydrogen (secondary N) is 1. The number of methoxy groups -OCH3 is 1. The topological polar surface area (TPSA) is 78.9 Å². The van der Waals surface area contributed by atoms with Crippen molar-refractivity contribution in [1.29, 1.82) is 0 Å². The Morgan fingerprint density at radius 3 is 2.48 bits per heavy atom. The number of carbonyl (C=O) groups is 2. The van der Waals surface area contributed by atoms with Gasteiger partial charge in [-0.05, 0) is 49.2 Å². The summed E-state index contributed by atoms with van der Waals surface area (Å²) in [6.45, 7) is 1.92. The van der Waals surface area contributed by atoms with Gasteiger partial charge in [-0.2, -0.15) is 0 Å². The lowest BCUT2D eigenvalue weighted by molar-refractivity contribution is 0.0973. The van der Waals surface area contributed by atoms with Crippen LogP contribution < -0.4 is 15.0 Å². The number of carboxylic acid groups (broad SMARTS) is 1. The molecule has 6 nitrogen and oxygen atoms in total. The van der Waals surface area contributed by atoms with Gasteiger partial charge < -0.3 is 20.1 Å². The molecule has 25 heavy (non-hydrogen) atoms. The van der Waals surface area contributed by atoms with Crippen LogP contribution in [-0.2, 0) is 0 Å². The normalized spacial score (nSPS) is 19.0. The maximum absolute atomic E-state index is 13.0. The van der Waals surface area contributed by atoms with Gasteiger partial charge in [-0.15, -0.1) is 0 Å². The van der Waals surface area contributed by atoms with E-state index in [9.17, 15) is 9.59 Å². The van der Waals surface area contributed by atoms with Crippen LogP contribution in [0.3, 0.4) is 0 Å². The molecule has 6 heteroatoms. The Hall–Kier alpha value is -3.02. The molecule has 0 saturated heterocycles. The van der Waals surface area contributed by atoms with Crippen LogP contribution in [0.4, 0.5) is 10.5 Å². The third-order valence-electron chi connectivity index (χ3n) is 4.44. The molecule has 1 aliphatic rings. The highest BCUT2D eigenvalue weighted by Crippen LogP contribution is 2.37. The van der Waals surface area contributed by atoms with Crippen molar-refractivity contribution in [3.05, 3.63) is 59.7 Å². The fraction of sp³-hybridized carbons (Fsp3) is 0.263. The number of anilines is 1. The van der Waals surface area contributed by atoms with Gasteiger partial charge in [0.25, 0.3) is 5.91 Å². The molecule has 0 aliphatic carbocycles. The van der Waals surface area contributed by atoms with Gasteiger partial charge in [-0.1, -0.05) is 18.2 Å². The summed E-state index contributed by atoms with van der Waals surface area (Å²) in [6, 6.07) is 13.9. The van der Waals surface area contributed by atoms with E-state index in [0.29, 0.717) is 17.7 Å². The van der Waals surface area contributed by atoms with Crippen molar-refractivity contribution in [1.82, 2.24) is 5.32 Å². The van der Waals surface area contributed by atoms with Crippen LogP contribution >= 0.6 is 0 Å². The second-order valence-corrected chi connectivity index (χ2v) is 6.05. The Bertz CT molecular complexity index is 788. The summed E-state index contributed by atoms with van der Waals surface area (Å²) in [5, 5.41) is 11.6. The van der Waals surface area contributed by atoms with Gasteiger partial charge >= 0.3 is 6.09 Å². The molecule has 0 spiro atoms. The molecule has 1 aliphatic heterocycles. The van der Waals surface area contributed by atoms with Crippen LogP contribution in [0.5, 0.6) is 5.75 Å². The molecule has 2 aromatic rings. The van der Waals surface area contributed by atoms with Crippen molar-refractivity contribution in [3.63, 3.8) is 0 Å². The highest BCUT2D eigenvalue weighted by atomic mass is 16.5. The molecule has 3 rings (SSSR count). The van der Waals surface area contributed by atoms with Crippen LogP contribution in [0, 0.1) is 0 Å². The van der Waals surface area contributed by atoms with Crippen molar-refractivity contribution in [3.8, 4) is 5.75 Å². The number of rotatable bonds is 3. The monoisotopic (exact) mass is 340 g/mol. The van der Waals surface area contributed by atoms with Gasteiger partial charge in [0.05, 0.1) is 13.2 Å². The SMILES string of the molecule is COc1ccc(C(=O)N2c3ccccc3C(NC(=O)O)CC2C)cc1. The number of amides is 2. The highest BCUT2D eigenvalue weighted by Gasteiger charge is 2.34. The van der Waals surface area contributed by atoms with Crippen LogP contribution in [0.2, 0.25) is 0 Å². The Labute approximate surface area is 146 Å². The molecule has 130 valence electrons. The molecular weight excluding hydrogens is 320 g/mol. The number of hydrogen-bond acceptors (Lipinski definition) is 3. The minimum atomic E-state index is -1.07. The molecule has 2 N–H and O–H groups in total. The van der Waals surface area contributed by atoms with E-state index in [0.717, 1.165) is 11.3 Å². The van der Waals surface area contributed by atoms with E-state index in [1.807, 2.05) is 31.2 Å². The van der Waals surface area contributed by atoms with Gasteiger partial charge in [0.2, 0.25) is 0 Å². The maximum Gasteiger partial charge on any atom is 0.405 e. The van der Waals surface area contributed by atoms with Gasteiger partial charge in [0, 0.05) is 17.3 Å². The first-order valence-electron chi connectivity index (χ1n) is 8.07. The average molecular weight is 340 g/mol. The lowest BCUT2D eigenvalue weighted by Gasteiger charge is -2.39. The zero-order valence-electron chi connectivity index (χ0n) is 14.1. The van der Waals surface area contributed by atoms with Crippen molar-refractivity contribution in [2.24, 2.45) is 0 Å². The second kappa shape index (κ2) is 6.84. The van der Waals surface area contributed by atoms with E-state index in [1.165, 1.54) is 0 Å². The predicted octanol–water partition coefficient (Wildman–Crippen LogP) is 3.44. The summed E-state index contributed by atoms with van der Waals surface area (Å²) in [4.78, 5) is 25.9. The average Bonchev–Trinajstić information content (AvgIpc) is 2.61. The summed E-state index contributed by atoms with van der Waals surface area (Å²) < 4.78 is 5.13. The van der Waals surface area contributed by atoms with Gasteiger partial charge in [-0.25, -0.2) is 4.79 Å². The Balaban J connectivity index is 1.97. The Morgan fingerprint density at radius 1 is 1.16 bits per heavy atom. The van der Waals surface area contributed by atoms with Crippen molar-refractivity contribution in [2.45, 2.75) is 25.4 Å². The minimum Gasteiger partial charge on any atom is -0.497 e. The molecule has 2 aromatic carbocycles. The standard InChI is InChI=1S/C19H20N2O4/c1-12-11-16(20-19(23)24)15-5-3-4-6-17(15)21(12)18(22)13-7-9-14(25-2)10-8-13/h3-10,12,16,20H,11H2,1-2H3,(H,23,24). The highest BCUT2D eigenvalue weighted by molar-refractivity contribution is 6.07. The molecule has 0 fully saturated rings. The zero-order valence-corrected chi connectivity index (χ0v) is 14.1. The largest absolute Gasteiger partial charge is 0.497 e. The number of benzene rings is 2. The predicted molar refractivity (Wildman–Crippen MR) is 94.2 cm³/mol. The smallest absolute Gasteiger partial charge is 0.405 e. The number of carbonyl (C=O) groups excluding carboxylic acids is 1. The molecule has 0 bridgehead atoms. The fourth-order valence-corrected chi connectivity index (χ4v) is 3.28. The third kappa shape index (κ3) is 3.28. The number of fused-ring (bicyclic) bond motifs is 1. The van der Waals surface area contributed by atoms with Gasteiger partial charge in [-0.3, -0.25) is 4.79 Å². The third-order valence-corrected chi connectivity index (χ3v) is 4.44. The van der Waals surface area contributed by atoms with Crippen LogP contribution in [0.25, 0.3) is 0 Å². The van der Waals surface area contributed by atoms with Crippen LogP contribution in [0.15, 0.2) is 48.5 Å². The van der Waals surface area contributed by atoms with E-state index < -0.39 is 6.09 Å². The van der Waals surface area contributed by atoms with Crippen molar-refractivity contribution < 1.29 is 19.4 Å². The number of hydrogen-bond donors (Lipinski definition) is 2. The lowest BCUT2D eigenvalue weighted by Crippen LogP contribution is -2.46. The van der Waals surface area contributed by atoms with Crippen LogP contribution in [-0.4, -0.2) is 30.3 Å². The fourth-order valence-electron chi connectivity index (χ4n) is 3.28. The quantitative estimate of drug-likeness (QED) is 0.897. The molecule has 0 aromatic heterocycles.